The maximum atomic E-state index is 12.4. The van der Waals surface area contributed by atoms with E-state index in [1.165, 1.54) is 11.3 Å². The molecule has 144 valence electrons. The third-order valence-electron chi connectivity index (χ3n) is 5.51. The summed E-state index contributed by atoms with van der Waals surface area (Å²) in [6.45, 7) is 4.05. The summed E-state index contributed by atoms with van der Waals surface area (Å²) in [5.74, 6) is 0.883. The lowest BCUT2D eigenvalue weighted by Gasteiger charge is -2.35. The highest BCUT2D eigenvalue weighted by atomic mass is 32.1. The highest BCUT2D eigenvalue weighted by Crippen LogP contribution is 2.25. The highest BCUT2D eigenvalue weighted by Gasteiger charge is 2.26. The Hall–Kier alpha value is -1.99. The molecule has 2 aliphatic rings. The molecule has 1 N–H and O–H groups in total. The second-order valence-corrected chi connectivity index (χ2v) is 8.58. The number of nitrogens with zero attached hydrogens (tertiary/aromatic N) is 3. The Bertz CT molecular complexity index is 780. The fraction of sp³-hybridized carbons (Fsp3) is 0.550. The van der Waals surface area contributed by atoms with Crippen LogP contribution < -0.4 is 5.32 Å². The minimum atomic E-state index is -0.00119. The molecule has 0 aliphatic carbocycles. The first-order chi connectivity index (χ1) is 13.2. The minimum absolute atomic E-state index is 0.00119. The molecule has 0 saturated carbocycles. The van der Waals surface area contributed by atoms with Crippen LogP contribution in [0.2, 0.25) is 0 Å². The molecule has 2 aromatic rings. The molecular formula is C20H26N4O2S. The first-order valence-electron chi connectivity index (χ1n) is 9.83. The highest BCUT2D eigenvalue weighted by molar-refractivity contribution is 7.22. The van der Waals surface area contributed by atoms with Crippen LogP contribution in [-0.4, -0.2) is 59.3 Å². The SMILES string of the molecule is O=C(CN1CCC(CN2CCCCC2=O)CC1)Nc1nc2ccccc2s1. The van der Waals surface area contributed by atoms with Gasteiger partial charge in [0.05, 0.1) is 16.8 Å². The van der Waals surface area contributed by atoms with Gasteiger partial charge in [-0.3, -0.25) is 14.5 Å². The van der Waals surface area contributed by atoms with Gasteiger partial charge in [-0.2, -0.15) is 0 Å². The topological polar surface area (TPSA) is 65.5 Å². The van der Waals surface area contributed by atoms with Crippen molar-refractivity contribution >= 4 is 38.5 Å². The number of rotatable bonds is 5. The van der Waals surface area contributed by atoms with Crippen molar-refractivity contribution in [1.29, 1.82) is 0 Å². The average molecular weight is 387 g/mol. The number of carbonyl (C=O) groups excluding carboxylic acids is 2. The zero-order chi connectivity index (χ0) is 18.6. The Balaban J connectivity index is 1.22. The van der Waals surface area contributed by atoms with Gasteiger partial charge in [-0.15, -0.1) is 0 Å². The molecule has 3 heterocycles. The molecule has 2 aliphatic heterocycles. The lowest BCUT2D eigenvalue weighted by atomic mass is 9.95. The van der Waals surface area contributed by atoms with Crippen LogP contribution in [0, 0.1) is 5.92 Å². The van der Waals surface area contributed by atoms with Crippen molar-refractivity contribution in [2.24, 2.45) is 5.92 Å². The molecule has 2 fully saturated rings. The molecule has 0 spiro atoms. The molecule has 0 atom stereocenters. The minimum Gasteiger partial charge on any atom is -0.342 e. The fourth-order valence-corrected chi connectivity index (χ4v) is 4.86. The lowest BCUT2D eigenvalue weighted by molar-refractivity contribution is -0.134. The molecule has 2 amide bonds. The van der Waals surface area contributed by atoms with Crippen molar-refractivity contribution in [2.45, 2.75) is 32.1 Å². The smallest absolute Gasteiger partial charge is 0.240 e. The Labute approximate surface area is 163 Å². The monoisotopic (exact) mass is 386 g/mol. The van der Waals surface area contributed by atoms with Crippen LogP contribution in [0.5, 0.6) is 0 Å². The summed E-state index contributed by atoms with van der Waals surface area (Å²) in [6, 6.07) is 7.91. The number of nitrogens with one attached hydrogen (secondary N) is 1. The molecule has 27 heavy (non-hydrogen) atoms. The van der Waals surface area contributed by atoms with Gasteiger partial charge in [0.15, 0.2) is 5.13 Å². The number of piperidine rings is 2. The van der Waals surface area contributed by atoms with Crippen molar-refractivity contribution in [2.75, 3.05) is 38.0 Å². The number of thiazole rings is 1. The van der Waals surface area contributed by atoms with Crippen LogP contribution in [0.1, 0.15) is 32.1 Å². The van der Waals surface area contributed by atoms with Gasteiger partial charge in [0.25, 0.3) is 0 Å². The van der Waals surface area contributed by atoms with Gasteiger partial charge in [0.1, 0.15) is 0 Å². The normalized spacial score (nSPS) is 19.6. The van der Waals surface area contributed by atoms with E-state index < -0.39 is 0 Å². The van der Waals surface area contributed by atoms with Crippen molar-refractivity contribution in [1.82, 2.24) is 14.8 Å². The van der Waals surface area contributed by atoms with E-state index in [0.29, 0.717) is 29.9 Å². The Morgan fingerprint density at radius 3 is 2.78 bits per heavy atom. The second-order valence-electron chi connectivity index (χ2n) is 7.55. The summed E-state index contributed by atoms with van der Waals surface area (Å²) < 4.78 is 1.08. The van der Waals surface area contributed by atoms with Crippen molar-refractivity contribution in [3.8, 4) is 0 Å². The molecule has 6 nitrogen and oxygen atoms in total. The first kappa shape index (κ1) is 18.4. The number of likely N-dealkylation sites (tertiary alicyclic amines) is 2. The van der Waals surface area contributed by atoms with Crippen LogP contribution in [-0.2, 0) is 9.59 Å². The van der Waals surface area contributed by atoms with Crippen LogP contribution >= 0.6 is 11.3 Å². The molecule has 1 aromatic carbocycles. The molecule has 0 bridgehead atoms. The number of hydrogen-bond acceptors (Lipinski definition) is 5. The van der Waals surface area contributed by atoms with E-state index in [4.69, 9.17) is 0 Å². The van der Waals surface area contributed by atoms with Crippen molar-refractivity contribution < 1.29 is 9.59 Å². The molecule has 4 rings (SSSR count). The zero-order valence-corrected chi connectivity index (χ0v) is 16.3. The molecular weight excluding hydrogens is 360 g/mol. The third-order valence-corrected chi connectivity index (χ3v) is 6.47. The number of carbonyl (C=O) groups is 2. The summed E-state index contributed by atoms with van der Waals surface area (Å²) in [6.07, 6.45) is 5.00. The Kier molecular flexibility index (Phi) is 5.69. The van der Waals surface area contributed by atoms with Crippen molar-refractivity contribution in [3.63, 3.8) is 0 Å². The standard InChI is InChI=1S/C20H26N4O2S/c25-18(22-20-21-16-5-1-2-6-17(16)27-20)14-23-11-8-15(9-12-23)13-24-10-4-3-7-19(24)26/h1-2,5-6,15H,3-4,7-14H2,(H,21,22,25). The Morgan fingerprint density at radius 1 is 1.19 bits per heavy atom. The van der Waals surface area contributed by atoms with E-state index in [1.54, 1.807) is 0 Å². The zero-order valence-electron chi connectivity index (χ0n) is 15.5. The quantitative estimate of drug-likeness (QED) is 0.858. The summed E-state index contributed by atoms with van der Waals surface area (Å²) in [5, 5.41) is 3.60. The average Bonchev–Trinajstić information content (AvgIpc) is 3.07. The van der Waals surface area contributed by atoms with Gasteiger partial charge in [-0.05, 0) is 56.8 Å². The van der Waals surface area contributed by atoms with E-state index in [2.05, 4.69) is 15.2 Å². The molecule has 7 heteroatoms. The predicted molar refractivity (Wildman–Crippen MR) is 108 cm³/mol. The number of benzene rings is 1. The number of para-hydroxylation sites is 1. The predicted octanol–water partition coefficient (Wildman–Crippen LogP) is 2.96. The van der Waals surface area contributed by atoms with E-state index in [9.17, 15) is 9.59 Å². The molecule has 1 aromatic heterocycles. The second kappa shape index (κ2) is 8.35. The Morgan fingerprint density at radius 2 is 2.00 bits per heavy atom. The van der Waals surface area contributed by atoms with E-state index in [0.717, 1.165) is 62.1 Å². The summed E-state index contributed by atoms with van der Waals surface area (Å²) >= 11 is 1.51. The number of anilines is 1. The van der Waals surface area contributed by atoms with Crippen LogP contribution in [0.15, 0.2) is 24.3 Å². The first-order valence-corrected chi connectivity index (χ1v) is 10.6. The van der Waals surface area contributed by atoms with Crippen LogP contribution in [0.4, 0.5) is 5.13 Å². The third kappa shape index (κ3) is 4.65. The van der Waals surface area contributed by atoms with Gasteiger partial charge in [0.2, 0.25) is 11.8 Å². The molecule has 0 radical (unpaired) electrons. The lowest BCUT2D eigenvalue weighted by Crippen LogP contribution is -2.44. The number of fused-ring (bicyclic) bond motifs is 1. The van der Waals surface area contributed by atoms with E-state index in [-0.39, 0.29) is 5.91 Å². The maximum absolute atomic E-state index is 12.4. The van der Waals surface area contributed by atoms with E-state index in [1.807, 2.05) is 29.2 Å². The van der Waals surface area contributed by atoms with Crippen molar-refractivity contribution in [3.05, 3.63) is 24.3 Å². The molecule has 0 unspecified atom stereocenters. The van der Waals surface area contributed by atoms with Gasteiger partial charge in [-0.1, -0.05) is 23.5 Å². The molecule has 2 saturated heterocycles. The van der Waals surface area contributed by atoms with Gasteiger partial charge in [-0.25, -0.2) is 4.98 Å². The van der Waals surface area contributed by atoms with Gasteiger partial charge >= 0.3 is 0 Å². The van der Waals surface area contributed by atoms with Gasteiger partial charge in [0, 0.05) is 19.5 Å². The van der Waals surface area contributed by atoms with Gasteiger partial charge < -0.3 is 10.2 Å². The van der Waals surface area contributed by atoms with Crippen LogP contribution in [0.3, 0.4) is 0 Å². The summed E-state index contributed by atoms with van der Waals surface area (Å²) in [4.78, 5) is 33.0. The number of hydrogen-bond donors (Lipinski definition) is 1. The largest absolute Gasteiger partial charge is 0.342 e. The maximum Gasteiger partial charge on any atom is 0.240 e. The van der Waals surface area contributed by atoms with Crippen LogP contribution in [0.25, 0.3) is 10.2 Å². The fourth-order valence-electron chi connectivity index (χ4n) is 3.98. The van der Waals surface area contributed by atoms with E-state index >= 15 is 0 Å². The number of aromatic nitrogens is 1. The number of amides is 2. The summed E-state index contributed by atoms with van der Waals surface area (Å²) in [5.41, 5.74) is 0.922. The summed E-state index contributed by atoms with van der Waals surface area (Å²) in [7, 11) is 0.